The Hall–Kier alpha value is -1.10. The molecule has 5 nitrogen and oxygen atoms in total. The van der Waals surface area contributed by atoms with Crippen molar-refractivity contribution in [1.82, 2.24) is 9.78 Å². The van der Waals surface area contributed by atoms with Crippen LogP contribution in [0.25, 0.3) is 0 Å². The summed E-state index contributed by atoms with van der Waals surface area (Å²) in [6, 6.07) is 0.00213. The molecule has 0 saturated carbocycles. The van der Waals surface area contributed by atoms with E-state index in [0.29, 0.717) is 5.69 Å². The van der Waals surface area contributed by atoms with Crippen LogP contribution in [0, 0.1) is 10.1 Å². The van der Waals surface area contributed by atoms with E-state index in [2.05, 4.69) is 5.10 Å². The number of rotatable bonds is 2. The molecule has 0 atom stereocenters. The molecule has 0 aliphatic carbocycles. The van der Waals surface area contributed by atoms with E-state index >= 15 is 0 Å². The van der Waals surface area contributed by atoms with Crippen molar-refractivity contribution >= 4 is 17.3 Å². The molecule has 6 heteroatoms. The monoisotopic (exact) mass is 245 g/mol. The van der Waals surface area contributed by atoms with Gasteiger partial charge in [0.15, 0.2) is 0 Å². The molecule has 1 heterocycles. The van der Waals surface area contributed by atoms with Gasteiger partial charge >= 0.3 is 5.69 Å². The van der Waals surface area contributed by atoms with E-state index in [1.165, 1.54) is 4.68 Å². The average molecular weight is 246 g/mol. The Balaban J connectivity index is 3.50. The van der Waals surface area contributed by atoms with E-state index in [9.17, 15) is 10.1 Å². The molecular weight excluding hydrogens is 230 g/mol. The summed E-state index contributed by atoms with van der Waals surface area (Å²) < 4.78 is 1.49. The summed E-state index contributed by atoms with van der Waals surface area (Å²) in [5, 5.41) is 15.3. The second-order valence-corrected chi connectivity index (χ2v) is 5.39. The largest absolute Gasteiger partial charge is 0.329 e. The van der Waals surface area contributed by atoms with Crippen LogP contribution in [0.1, 0.15) is 46.4 Å². The fourth-order valence-corrected chi connectivity index (χ4v) is 1.81. The lowest BCUT2D eigenvalue weighted by atomic mass is 9.91. The van der Waals surface area contributed by atoms with E-state index in [4.69, 9.17) is 11.6 Å². The molecule has 0 unspecified atom stereocenters. The molecule has 0 bridgehead atoms. The van der Waals surface area contributed by atoms with Crippen LogP contribution in [0.5, 0.6) is 0 Å². The predicted octanol–water partition coefficient (Wildman–Crippen LogP) is 3.32. The Morgan fingerprint density at radius 2 is 1.94 bits per heavy atom. The molecule has 0 N–H and O–H groups in total. The molecule has 90 valence electrons. The number of hydrogen-bond acceptors (Lipinski definition) is 3. The first-order valence-electron chi connectivity index (χ1n) is 5.09. The van der Waals surface area contributed by atoms with Crippen molar-refractivity contribution in [1.29, 1.82) is 0 Å². The van der Waals surface area contributed by atoms with Crippen molar-refractivity contribution in [2.75, 3.05) is 0 Å². The molecule has 0 aliphatic heterocycles. The van der Waals surface area contributed by atoms with Crippen LogP contribution in [-0.2, 0) is 5.41 Å². The highest BCUT2D eigenvalue weighted by Gasteiger charge is 2.34. The van der Waals surface area contributed by atoms with Crippen molar-refractivity contribution in [3.63, 3.8) is 0 Å². The standard InChI is InChI=1S/C10H16ClN3O2/c1-6(2)13-9(11)7(14(15)16)8(12-13)10(3,4)5/h6H,1-5H3. The maximum Gasteiger partial charge on any atom is 0.329 e. The van der Waals surface area contributed by atoms with Gasteiger partial charge in [-0.1, -0.05) is 32.4 Å². The molecule has 0 fully saturated rings. The van der Waals surface area contributed by atoms with Crippen LogP contribution in [0.15, 0.2) is 0 Å². The first-order valence-corrected chi connectivity index (χ1v) is 5.47. The van der Waals surface area contributed by atoms with Gasteiger partial charge in [0, 0.05) is 11.5 Å². The Labute approximate surface area is 99.5 Å². The molecule has 1 rings (SSSR count). The minimum absolute atomic E-state index is 0.00213. The van der Waals surface area contributed by atoms with E-state index in [0.717, 1.165) is 0 Å². The predicted molar refractivity (Wildman–Crippen MR) is 63.0 cm³/mol. The van der Waals surface area contributed by atoms with Gasteiger partial charge in [-0.25, -0.2) is 4.68 Å². The summed E-state index contributed by atoms with van der Waals surface area (Å²) in [7, 11) is 0. The van der Waals surface area contributed by atoms with E-state index < -0.39 is 10.3 Å². The average Bonchev–Trinajstić information content (AvgIpc) is 2.41. The van der Waals surface area contributed by atoms with Gasteiger partial charge in [-0.3, -0.25) is 10.1 Å². The molecule has 1 aromatic rings. The molecule has 0 saturated heterocycles. The lowest BCUT2D eigenvalue weighted by Crippen LogP contribution is -2.15. The fraction of sp³-hybridized carbons (Fsp3) is 0.700. The van der Waals surface area contributed by atoms with Crippen molar-refractivity contribution < 1.29 is 4.92 Å². The third-order valence-electron chi connectivity index (χ3n) is 2.21. The second-order valence-electron chi connectivity index (χ2n) is 5.03. The van der Waals surface area contributed by atoms with Crippen LogP contribution in [0.3, 0.4) is 0 Å². The molecule has 0 amide bonds. The minimum atomic E-state index is -0.463. The Bertz CT molecular complexity index is 418. The quantitative estimate of drug-likeness (QED) is 0.593. The van der Waals surface area contributed by atoms with Gasteiger partial charge in [-0.2, -0.15) is 5.10 Å². The number of nitro groups is 1. The maximum atomic E-state index is 11.0. The smallest absolute Gasteiger partial charge is 0.258 e. The van der Waals surface area contributed by atoms with Crippen molar-refractivity contribution in [3.05, 3.63) is 21.0 Å². The number of aromatic nitrogens is 2. The van der Waals surface area contributed by atoms with Gasteiger partial charge in [0.05, 0.1) is 4.92 Å². The summed E-state index contributed by atoms with van der Waals surface area (Å²) in [6.45, 7) is 9.40. The van der Waals surface area contributed by atoms with Crippen LogP contribution < -0.4 is 0 Å². The van der Waals surface area contributed by atoms with Crippen LogP contribution >= 0.6 is 11.6 Å². The number of halogens is 1. The van der Waals surface area contributed by atoms with Crippen molar-refractivity contribution in [2.24, 2.45) is 0 Å². The van der Waals surface area contributed by atoms with Crippen LogP contribution in [0.2, 0.25) is 5.15 Å². The SMILES string of the molecule is CC(C)n1nc(C(C)(C)C)c([N+](=O)[O-])c1Cl. The highest BCUT2D eigenvalue weighted by atomic mass is 35.5. The van der Waals surface area contributed by atoms with E-state index in [1.807, 2.05) is 34.6 Å². The third kappa shape index (κ3) is 2.19. The fourth-order valence-electron chi connectivity index (χ4n) is 1.41. The van der Waals surface area contributed by atoms with Gasteiger partial charge in [0.1, 0.15) is 5.69 Å². The van der Waals surface area contributed by atoms with Gasteiger partial charge < -0.3 is 0 Å². The van der Waals surface area contributed by atoms with Gasteiger partial charge in [-0.05, 0) is 13.8 Å². The molecule has 0 aliphatic rings. The number of nitrogens with zero attached hydrogens (tertiary/aromatic N) is 3. The van der Waals surface area contributed by atoms with E-state index in [-0.39, 0.29) is 16.9 Å². The Morgan fingerprint density at radius 1 is 1.44 bits per heavy atom. The highest BCUT2D eigenvalue weighted by Crippen LogP contribution is 2.37. The molecule has 0 radical (unpaired) electrons. The second kappa shape index (κ2) is 4.05. The Kier molecular flexibility index (Phi) is 3.28. The Morgan fingerprint density at radius 3 is 2.19 bits per heavy atom. The van der Waals surface area contributed by atoms with Gasteiger partial charge in [-0.15, -0.1) is 0 Å². The van der Waals surface area contributed by atoms with Gasteiger partial charge in [0.2, 0.25) is 5.15 Å². The first kappa shape index (κ1) is 13.0. The summed E-state index contributed by atoms with van der Waals surface area (Å²) in [5.74, 6) is 0. The third-order valence-corrected chi connectivity index (χ3v) is 2.56. The molecule has 0 aromatic carbocycles. The van der Waals surface area contributed by atoms with Gasteiger partial charge in [0.25, 0.3) is 0 Å². The summed E-state index contributed by atoms with van der Waals surface area (Å²) in [6.07, 6.45) is 0. The minimum Gasteiger partial charge on any atom is -0.258 e. The summed E-state index contributed by atoms with van der Waals surface area (Å²) >= 11 is 5.98. The number of hydrogen-bond donors (Lipinski definition) is 0. The molecular formula is C10H16ClN3O2. The molecule has 1 aromatic heterocycles. The first-order chi connectivity index (χ1) is 7.16. The van der Waals surface area contributed by atoms with E-state index in [1.54, 1.807) is 0 Å². The van der Waals surface area contributed by atoms with Crippen molar-refractivity contribution in [2.45, 2.75) is 46.1 Å². The normalized spacial score (nSPS) is 12.2. The zero-order valence-electron chi connectivity index (χ0n) is 10.1. The van der Waals surface area contributed by atoms with Crippen LogP contribution in [-0.4, -0.2) is 14.7 Å². The summed E-state index contributed by atoms with van der Waals surface area (Å²) in [4.78, 5) is 10.5. The summed E-state index contributed by atoms with van der Waals surface area (Å²) in [5.41, 5.74) is -0.0503. The topological polar surface area (TPSA) is 61.0 Å². The maximum absolute atomic E-state index is 11.0. The molecule has 0 spiro atoms. The lowest BCUT2D eigenvalue weighted by molar-refractivity contribution is -0.385. The van der Waals surface area contributed by atoms with Crippen LogP contribution in [0.4, 0.5) is 5.69 Å². The zero-order chi connectivity index (χ0) is 12.7. The molecule has 16 heavy (non-hydrogen) atoms. The zero-order valence-corrected chi connectivity index (χ0v) is 10.9. The lowest BCUT2D eigenvalue weighted by Gasteiger charge is -2.14. The highest BCUT2D eigenvalue weighted by molar-refractivity contribution is 6.31. The van der Waals surface area contributed by atoms with Crippen molar-refractivity contribution in [3.8, 4) is 0 Å².